The van der Waals surface area contributed by atoms with Crippen LogP contribution in [-0.4, -0.2) is 32.2 Å². The lowest BCUT2D eigenvalue weighted by Gasteiger charge is -2.07. The minimum absolute atomic E-state index is 0.619. The first-order valence-corrected chi connectivity index (χ1v) is 3.50. The second-order valence-corrected chi connectivity index (χ2v) is 2.36. The van der Waals surface area contributed by atoms with Crippen LogP contribution >= 0.6 is 0 Å². The molecule has 1 unspecified atom stereocenters. The summed E-state index contributed by atoms with van der Waals surface area (Å²) in [7, 11) is 0. The number of hydrogen-bond donors (Lipinski definition) is 2. The highest BCUT2D eigenvalue weighted by atomic mass is 15.0. The fourth-order valence-electron chi connectivity index (χ4n) is 1.04. The van der Waals surface area contributed by atoms with Crippen molar-refractivity contribution in [3.05, 3.63) is 0 Å². The van der Waals surface area contributed by atoms with Crippen LogP contribution in [0.4, 0.5) is 0 Å². The van der Waals surface area contributed by atoms with Gasteiger partial charge in [-0.25, -0.2) is 5.32 Å². The molecule has 1 fully saturated rings. The molecular formula is C6H14N3. The summed E-state index contributed by atoms with van der Waals surface area (Å²) >= 11 is 0. The largest absolute Gasteiger partial charge is 0.329 e. The standard InChI is InChI=1S/C6H14N3/c7-2-4-9-6-1-3-8-5-6/h6,9H,1-5,7H2. The topological polar surface area (TPSA) is 52.1 Å². The van der Waals surface area contributed by atoms with E-state index in [4.69, 9.17) is 5.73 Å². The molecule has 1 aliphatic rings. The first-order valence-electron chi connectivity index (χ1n) is 3.50. The number of nitrogens with zero attached hydrogens (tertiary/aromatic N) is 1. The number of nitrogens with one attached hydrogen (secondary N) is 1. The molecule has 1 atom stereocenters. The molecular weight excluding hydrogens is 114 g/mol. The third-order valence-electron chi connectivity index (χ3n) is 1.56. The fraction of sp³-hybridized carbons (Fsp3) is 1.00. The van der Waals surface area contributed by atoms with Gasteiger partial charge in [0.15, 0.2) is 0 Å². The van der Waals surface area contributed by atoms with Crippen LogP contribution in [0.5, 0.6) is 0 Å². The molecule has 53 valence electrons. The average Bonchev–Trinajstić information content (AvgIpc) is 2.34. The highest BCUT2D eigenvalue weighted by molar-refractivity contribution is 4.76. The van der Waals surface area contributed by atoms with Gasteiger partial charge in [0.05, 0.1) is 0 Å². The summed E-state index contributed by atoms with van der Waals surface area (Å²) < 4.78 is 0. The second-order valence-electron chi connectivity index (χ2n) is 2.36. The van der Waals surface area contributed by atoms with Crippen LogP contribution in [0.15, 0.2) is 0 Å². The van der Waals surface area contributed by atoms with Crippen LogP contribution in [-0.2, 0) is 0 Å². The average molecular weight is 128 g/mol. The van der Waals surface area contributed by atoms with E-state index in [-0.39, 0.29) is 0 Å². The van der Waals surface area contributed by atoms with Crippen molar-refractivity contribution in [2.24, 2.45) is 5.73 Å². The Kier molecular flexibility index (Phi) is 2.97. The fourth-order valence-corrected chi connectivity index (χ4v) is 1.04. The molecule has 1 saturated heterocycles. The quantitative estimate of drug-likeness (QED) is 0.507. The van der Waals surface area contributed by atoms with Crippen LogP contribution < -0.4 is 16.4 Å². The van der Waals surface area contributed by atoms with Gasteiger partial charge >= 0.3 is 0 Å². The Labute approximate surface area is 56.0 Å². The Bertz CT molecular complexity index is 68.7. The van der Waals surface area contributed by atoms with E-state index in [0.717, 1.165) is 26.2 Å². The summed E-state index contributed by atoms with van der Waals surface area (Å²) in [6, 6.07) is 0.619. The maximum Gasteiger partial charge on any atom is 0.0288 e. The van der Waals surface area contributed by atoms with E-state index >= 15 is 0 Å². The van der Waals surface area contributed by atoms with Crippen molar-refractivity contribution in [1.82, 2.24) is 10.6 Å². The molecule has 3 heteroatoms. The Hall–Kier alpha value is -0.120. The smallest absolute Gasteiger partial charge is 0.0288 e. The molecule has 9 heavy (non-hydrogen) atoms. The number of hydrogen-bond acceptors (Lipinski definition) is 2. The molecule has 1 heterocycles. The van der Waals surface area contributed by atoms with E-state index in [2.05, 4.69) is 10.6 Å². The molecule has 0 saturated carbocycles. The molecule has 0 spiro atoms. The van der Waals surface area contributed by atoms with Crippen LogP contribution in [0, 0.1) is 0 Å². The van der Waals surface area contributed by atoms with E-state index in [9.17, 15) is 0 Å². The lowest BCUT2D eigenvalue weighted by molar-refractivity contribution is 0.554. The van der Waals surface area contributed by atoms with Crippen molar-refractivity contribution in [3.63, 3.8) is 0 Å². The summed E-state index contributed by atoms with van der Waals surface area (Å²) in [5.74, 6) is 0. The summed E-state index contributed by atoms with van der Waals surface area (Å²) in [5.41, 5.74) is 5.31. The van der Waals surface area contributed by atoms with Gasteiger partial charge in [-0.3, -0.25) is 0 Å². The first kappa shape index (κ1) is 6.99. The normalized spacial score (nSPS) is 27.0. The first-order chi connectivity index (χ1) is 4.43. The summed E-state index contributed by atoms with van der Waals surface area (Å²) in [4.78, 5) is 0. The monoisotopic (exact) mass is 128 g/mol. The van der Waals surface area contributed by atoms with Gasteiger partial charge < -0.3 is 11.1 Å². The Morgan fingerprint density at radius 2 is 2.56 bits per heavy atom. The minimum Gasteiger partial charge on any atom is -0.329 e. The molecule has 0 amide bonds. The Morgan fingerprint density at radius 3 is 3.11 bits per heavy atom. The van der Waals surface area contributed by atoms with Crippen molar-refractivity contribution in [3.8, 4) is 0 Å². The van der Waals surface area contributed by atoms with Crippen molar-refractivity contribution < 1.29 is 0 Å². The Morgan fingerprint density at radius 1 is 1.67 bits per heavy atom. The molecule has 1 rings (SSSR count). The molecule has 0 aromatic carbocycles. The van der Waals surface area contributed by atoms with Crippen molar-refractivity contribution in [2.75, 3.05) is 26.2 Å². The molecule has 0 bridgehead atoms. The van der Waals surface area contributed by atoms with Crippen LogP contribution in [0.25, 0.3) is 0 Å². The molecule has 0 aromatic heterocycles. The second kappa shape index (κ2) is 3.82. The highest BCUT2D eigenvalue weighted by Crippen LogP contribution is 1.96. The molecule has 1 radical (unpaired) electrons. The van der Waals surface area contributed by atoms with E-state index in [1.807, 2.05) is 0 Å². The van der Waals surface area contributed by atoms with Crippen LogP contribution in [0.3, 0.4) is 0 Å². The zero-order valence-electron chi connectivity index (χ0n) is 5.64. The maximum absolute atomic E-state index is 5.31. The zero-order chi connectivity index (χ0) is 6.53. The van der Waals surface area contributed by atoms with E-state index in [1.54, 1.807) is 0 Å². The van der Waals surface area contributed by atoms with Gasteiger partial charge in [0, 0.05) is 32.2 Å². The van der Waals surface area contributed by atoms with Gasteiger partial charge in [0.1, 0.15) is 0 Å². The molecule has 3 N–H and O–H groups in total. The van der Waals surface area contributed by atoms with Gasteiger partial charge in [-0.2, -0.15) is 0 Å². The number of nitrogens with two attached hydrogens (primary N) is 1. The molecule has 3 nitrogen and oxygen atoms in total. The lowest BCUT2D eigenvalue weighted by atomic mass is 10.3. The molecule has 0 aliphatic carbocycles. The summed E-state index contributed by atoms with van der Waals surface area (Å²) in [6.45, 7) is 3.68. The molecule has 1 aliphatic heterocycles. The highest BCUT2D eigenvalue weighted by Gasteiger charge is 2.12. The third-order valence-corrected chi connectivity index (χ3v) is 1.56. The Balaban J connectivity index is 1.98. The zero-order valence-corrected chi connectivity index (χ0v) is 5.64. The number of rotatable bonds is 3. The predicted molar refractivity (Wildman–Crippen MR) is 37.3 cm³/mol. The molecule has 0 aromatic rings. The van der Waals surface area contributed by atoms with Gasteiger partial charge in [-0.1, -0.05) is 0 Å². The SMILES string of the molecule is NCCNC1CC[N]C1. The minimum atomic E-state index is 0.619. The van der Waals surface area contributed by atoms with E-state index < -0.39 is 0 Å². The van der Waals surface area contributed by atoms with Crippen molar-refractivity contribution in [2.45, 2.75) is 12.5 Å². The van der Waals surface area contributed by atoms with E-state index in [1.165, 1.54) is 6.42 Å². The van der Waals surface area contributed by atoms with Crippen molar-refractivity contribution >= 4 is 0 Å². The van der Waals surface area contributed by atoms with Gasteiger partial charge in [0.2, 0.25) is 0 Å². The summed E-state index contributed by atoms with van der Waals surface area (Å²) in [5, 5.41) is 7.53. The van der Waals surface area contributed by atoms with E-state index in [0.29, 0.717) is 6.04 Å². The van der Waals surface area contributed by atoms with Gasteiger partial charge in [-0.15, -0.1) is 0 Å². The van der Waals surface area contributed by atoms with Gasteiger partial charge in [-0.05, 0) is 6.42 Å². The predicted octanol–water partition coefficient (Wildman–Crippen LogP) is -1.09. The van der Waals surface area contributed by atoms with Crippen molar-refractivity contribution in [1.29, 1.82) is 0 Å². The van der Waals surface area contributed by atoms with Crippen LogP contribution in [0.1, 0.15) is 6.42 Å². The third kappa shape index (κ3) is 2.30. The summed E-state index contributed by atoms with van der Waals surface area (Å²) in [6.07, 6.45) is 1.19. The lowest BCUT2D eigenvalue weighted by Crippen LogP contribution is -2.33. The van der Waals surface area contributed by atoms with Crippen LogP contribution in [0.2, 0.25) is 0 Å². The maximum atomic E-state index is 5.31. The van der Waals surface area contributed by atoms with Gasteiger partial charge in [0.25, 0.3) is 0 Å².